The van der Waals surface area contributed by atoms with E-state index in [1.807, 2.05) is 31.3 Å². The number of fused-ring (bicyclic) bond motifs is 10. The number of anilines is 3. The first-order valence-electron chi connectivity index (χ1n) is 15.9. The highest BCUT2D eigenvalue weighted by Gasteiger charge is 2.51. The predicted octanol–water partition coefficient (Wildman–Crippen LogP) is 10.1. The second-order valence-corrected chi connectivity index (χ2v) is 12.8. The Morgan fingerprint density at radius 1 is 0.522 bits per heavy atom. The Kier molecular flexibility index (Phi) is 5.61. The molecule has 0 unspecified atom stereocenters. The SMILES string of the molecule is Cc1ccc2c(c1)C1(c3ccccc3-c3ccccc31)c1cc(C)ccc1N2c1ccc2c(c1)c(=O)c(C)cn2-c1ccccc1. The molecule has 2 aliphatic rings. The average molecular weight is 593 g/mol. The summed E-state index contributed by atoms with van der Waals surface area (Å²) in [5.74, 6) is 0. The van der Waals surface area contributed by atoms with Crippen molar-refractivity contribution in [3.8, 4) is 16.8 Å². The van der Waals surface area contributed by atoms with Gasteiger partial charge in [-0.15, -0.1) is 0 Å². The van der Waals surface area contributed by atoms with Crippen LogP contribution in [0.3, 0.4) is 0 Å². The van der Waals surface area contributed by atoms with Crippen molar-refractivity contribution in [2.75, 3.05) is 4.90 Å². The zero-order valence-corrected chi connectivity index (χ0v) is 26.1. The first-order valence-corrected chi connectivity index (χ1v) is 15.9. The number of hydrogen-bond acceptors (Lipinski definition) is 2. The first kappa shape index (κ1) is 26.7. The highest BCUT2D eigenvalue weighted by molar-refractivity contribution is 5.97. The molecule has 0 saturated heterocycles. The Morgan fingerprint density at radius 2 is 1.09 bits per heavy atom. The molecule has 0 amide bonds. The van der Waals surface area contributed by atoms with Crippen molar-refractivity contribution >= 4 is 28.0 Å². The fraction of sp³-hybridized carbons (Fsp3) is 0.0930. The van der Waals surface area contributed by atoms with Gasteiger partial charge in [0, 0.05) is 28.5 Å². The van der Waals surface area contributed by atoms with Crippen LogP contribution in [-0.2, 0) is 5.41 Å². The van der Waals surface area contributed by atoms with Crippen LogP contribution in [0.15, 0.2) is 144 Å². The second-order valence-electron chi connectivity index (χ2n) is 12.8. The molecule has 2 heterocycles. The van der Waals surface area contributed by atoms with Crippen molar-refractivity contribution in [2.45, 2.75) is 26.2 Å². The number of nitrogens with zero attached hydrogens (tertiary/aromatic N) is 2. The van der Waals surface area contributed by atoms with Crippen molar-refractivity contribution in [3.05, 3.63) is 189 Å². The number of pyridine rings is 1. The summed E-state index contributed by atoms with van der Waals surface area (Å²) >= 11 is 0. The lowest BCUT2D eigenvalue weighted by Gasteiger charge is -2.45. The smallest absolute Gasteiger partial charge is 0.192 e. The van der Waals surface area contributed by atoms with E-state index >= 15 is 0 Å². The summed E-state index contributed by atoms with van der Waals surface area (Å²) in [6, 6.07) is 48.1. The van der Waals surface area contributed by atoms with Crippen LogP contribution in [0.1, 0.15) is 38.9 Å². The summed E-state index contributed by atoms with van der Waals surface area (Å²) in [5.41, 5.74) is 15.6. The Morgan fingerprint density at radius 3 is 1.70 bits per heavy atom. The molecule has 0 bridgehead atoms. The van der Waals surface area contributed by atoms with Gasteiger partial charge in [0.1, 0.15) is 0 Å². The lowest BCUT2D eigenvalue weighted by molar-refractivity contribution is 0.750. The second kappa shape index (κ2) is 9.66. The van der Waals surface area contributed by atoms with Crippen LogP contribution in [0, 0.1) is 20.8 Å². The average Bonchev–Trinajstić information content (AvgIpc) is 3.38. The highest BCUT2D eigenvalue weighted by Crippen LogP contribution is 2.63. The summed E-state index contributed by atoms with van der Waals surface area (Å²) in [7, 11) is 0. The normalized spacial score (nSPS) is 13.8. The molecule has 46 heavy (non-hydrogen) atoms. The van der Waals surface area contributed by atoms with Crippen LogP contribution in [-0.4, -0.2) is 4.57 Å². The lowest BCUT2D eigenvalue weighted by atomic mass is 9.64. The molecule has 220 valence electrons. The highest BCUT2D eigenvalue weighted by atomic mass is 16.1. The van der Waals surface area contributed by atoms with Gasteiger partial charge in [-0.1, -0.05) is 102 Å². The van der Waals surface area contributed by atoms with Gasteiger partial charge in [-0.3, -0.25) is 4.79 Å². The quantitative estimate of drug-likeness (QED) is 0.200. The summed E-state index contributed by atoms with van der Waals surface area (Å²) in [5, 5.41) is 0.709. The monoisotopic (exact) mass is 592 g/mol. The van der Waals surface area contributed by atoms with E-state index in [9.17, 15) is 4.79 Å². The Balaban J connectivity index is 1.37. The van der Waals surface area contributed by atoms with Gasteiger partial charge in [0.25, 0.3) is 0 Å². The maximum absolute atomic E-state index is 13.8. The molecule has 3 nitrogen and oxygen atoms in total. The van der Waals surface area contributed by atoms with Gasteiger partial charge in [0.15, 0.2) is 5.43 Å². The van der Waals surface area contributed by atoms with E-state index in [0.717, 1.165) is 33.8 Å². The van der Waals surface area contributed by atoms with Gasteiger partial charge in [-0.25, -0.2) is 0 Å². The predicted molar refractivity (Wildman–Crippen MR) is 189 cm³/mol. The van der Waals surface area contributed by atoms with Crippen molar-refractivity contribution in [2.24, 2.45) is 0 Å². The van der Waals surface area contributed by atoms with Gasteiger partial charge in [-0.05, 0) is 96.6 Å². The third-order valence-corrected chi connectivity index (χ3v) is 10.0. The summed E-state index contributed by atoms with van der Waals surface area (Å²) in [4.78, 5) is 16.1. The molecule has 1 aliphatic heterocycles. The fourth-order valence-corrected chi connectivity index (χ4v) is 8.05. The van der Waals surface area contributed by atoms with E-state index < -0.39 is 5.41 Å². The molecule has 1 spiro atoms. The summed E-state index contributed by atoms with van der Waals surface area (Å²) in [6.45, 7) is 6.27. The third-order valence-electron chi connectivity index (χ3n) is 10.0. The van der Waals surface area contributed by atoms with Crippen LogP contribution in [0.5, 0.6) is 0 Å². The number of aromatic nitrogens is 1. The maximum Gasteiger partial charge on any atom is 0.192 e. The van der Waals surface area contributed by atoms with E-state index in [1.54, 1.807) is 0 Å². The minimum Gasteiger partial charge on any atom is -0.316 e. The van der Waals surface area contributed by atoms with E-state index in [0.29, 0.717) is 5.39 Å². The van der Waals surface area contributed by atoms with Crippen LogP contribution in [0.2, 0.25) is 0 Å². The number of para-hydroxylation sites is 1. The minimum absolute atomic E-state index is 0.0596. The van der Waals surface area contributed by atoms with Crippen LogP contribution >= 0.6 is 0 Å². The van der Waals surface area contributed by atoms with Crippen molar-refractivity contribution < 1.29 is 0 Å². The van der Waals surface area contributed by atoms with Gasteiger partial charge >= 0.3 is 0 Å². The Hall–Kier alpha value is -5.67. The van der Waals surface area contributed by atoms with Crippen molar-refractivity contribution in [3.63, 3.8) is 0 Å². The van der Waals surface area contributed by atoms with Gasteiger partial charge in [-0.2, -0.15) is 0 Å². The summed E-state index contributed by atoms with van der Waals surface area (Å²) in [6.07, 6.45) is 1.95. The van der Waals surface area contributed by atoms with Gasteiger partial charge in [0.2, 0.25) is 0 Å². The molecule has 0 saturated carbocycles. The van der Waals surface area contributed by atoms with Crippen LogP contribution < -0.4 is 10.3 Å². The van der Waals surface area contributed by atoms with Gasteiger partial charge < -0.3 is 9.47 Å². The molecule has 6 aromatic carbocycles. The number of aryl methyl sites for hydroxylation is 3. The zero-order valence-electron chi connectivity index (χ0n) is 26.1. The fourth-order valence-electron chi connectivity index (χ4n) is 8.05. The number of benzene rings is 6. The molecule has 0 fully saturated rings. The number of rotatable bonds is 2. The van der Waals surface area contributed by atoms with Crippen molar-refractivity contribution in [1.82, 2.24) is 4.57 Å². The minimum atomic E-state index is -0.472. The zero-order chi connectivity index (χ0) is 31.2. The van der Waals surface area contributed by atoms with E-state index in [1.165, 1.54) is 44.5 Å². The standard InChI is InChI=1S/C43H32N2O/c1-27-17-20-40-37(23-27)43(35-15-9-7-13-32(35)33-14-8-10-16-36(33)43)38-24-28(2)18-21-41(38)45(40)31-19-22-39-34(25-31)42(46)29(3)26-44(39)30-11-5-4-6-12-30/h4-26H,1-3H3. The third kappa shape index (κ3) is 3.51. The Bertz CT molecular complexity index is 2330. The molecule has 0 atom stereocenters. The molecular formula is C43H32N2O. The topological polar surface area (TPSA) is 25.2 Å². The molecule has 1 aliphatic carbocycles. The van der Waals surface area contributed by atoms with E-state index in [-0.39, 0.29) is 5.43 Å². The molecule has 0 radical (unpaired) electrons. The maximum atomic E-state index is 13.8. The molecule has 7 aromatic rings. The van der Waals surface area contributed by atoms with Crippen LogP contribution in [0.4, 0.5) is 17.1 Å². The largest absolute Gasteiger partial charge is 0.316 e. The number of hydrogen-bond donors (Lipinski definition) is 0. The van der Waals surface area contributed by atoms with Crippen molar-refractivity contribution in [1.29, 1.82) is 0 Å². The molecular weight excluding hydrogens is 560 g/mol. The van der Waals surface area contributed by atoms with Crippen LogP contribution in [0.25, 0.3) is 27.7 Å². The van der Waals surface area contributed by atoms with E-state index in [2.05, 4.69) is 139 Å². The van der Waals surface area contributed by atoms with Gasteiger partial charge in [0.05, 0.1) is 22.3 Å². The summed E-state index contributed by atoms with van der Waals surface area (Å²) < 4.78 is 2.13. The lowest BCUT2D eigenvalue weighted by Crippen LogP contribution is -2.36. The molecule has 9 rings (SSSR count). The first-order chi connectivity index (χ1) is 22.5. The molecule has 0 N–H and O–H groups in total. The Labute approximate surface area is 268 Å². The van der Waals surface area contributed by atoms with E-state index in [4.69, 9.17) is 0 Å². The molecule has 1 aromatic heterocycles. The molecule has 3 heteroatoms.